The number of carbonyl (C=O) groups excluding carboxylic acids is 1. The number of hydroxylamine groups is 1. The summed E-state index contributed by atoms with van der Waals surface area (Å²) in [5.74, 6) is -0.502. The monoisotopic (exact) mass is 228 g/mol. The van der Waals surface area contributed by atoms with Gasteiger partial charge in [-0.05, 0) is 11.6 Å². The van der Waals surface area contributed by atoms with Gasteiger partial charge in [-0.1, -0.05) is 25.1 Å². The molecule has 0 radical (unpaired) electrons. The van der Waals surface area contributed by atoms with E-state index in [1.54, 1.807) is 12.1 Å². The number of halogens is 1. The summed E-state index contributed by atoms with van der Waals surface area (Å²) in [5, 5.41) is 10.2. The number of para-hydroxylation sites is 1. The Morgan fingerprint density at radius 1 is 1.40 bits per heavy atom. The average molecular weight is 229 g/mol. The van der Waals surface area contributed by atoms with Crippen molar-refractivity contribution in [3.63, 3.8) is 0 Å². The highest BCUT2D eigenvalue weighted by Gasteiger charge is 2.34. The molecule has 5 heteroatoms. The van der Waals surface area contributed by atoms with Crippen LogP contribution in [0.25, 0.3) is 0 Å². The van der Waals surface area contributed by atoms with E-state index in [9.17, 15) is 10.0 Å². The smallest absolute Gasteiger partial charge is 0.268 e. The maximum absolute atomic E-state index is 11.4. The standard InChI is InChI=1S/C10H12N2O2.ClH/c1-6-7-4-2-3-5-8(7)12(14)10(13)9(6)11;/h2-6,9,14H,11H2,1H3;1H/t6-,9+;/m1./s1. The number of nitrogens with zero attached hydrogens (tertiary/aromatic N) is 1. The van der Waals surface area contributed by atoms with Crippen LogP contribution >= 0.6 is 12.4 Å². The van der Waals surface area contributed by atoms with Gasteiger partial charge >= 0.3 is 0 Å². The number of benzene rings is 1. The first-order valence-electron chi connectivity index (χ1n) is 4.50. The van der Waals surface area contributed by atoms with Gasteiger partial charge in [-0.2, -0.15) is 5.06 Å². The molecule has 3 N–H and O–H groups in total. The molecule has 2 rings (SSSR count). The Balaban J connectivity index is 0.00000112. The fourth-order valence-electron chi connectivity index (χ4n) is 1.73. The number of amides is 1. The Kier molecular flexibility index (Phi) is 3.34. The van der Waals surface area contributed by atoms with E-state index < -0.39 is 11.9 Å². The summed E-state index contributed by atoms with van der Waals surface area (Å²) in [4.78, 5) is 11.4. The number of fused-ring (bicyclic) bond motifs is 1. The lowest BCUT2D eigenvalue weighted by atomic mass is 9.88. The molecule has 0 aromatic heterocycles. The van der Waals surface area contributed by atoms with Gasteiger partial charge in [0.25, 0.3) is 5.91 Å². The van der Waals surface area contributed by atoms with E-state index >= 15 is 0 Å². The number of rotatable bonds is 0. The summed E-state index contributed by atoms with van der Waals surface area (Å²) in [6, 6.07) is 6.56. The molecule has 0 bridgehead atoms. The minimum absolute atomic E-state index is 0. The second-order valence-corrected chi connectivity index (χ2v) is 3.52. The molecule has 1 aromatic carbocycles. The van der Waals surface area contributed by atoms with Crippen molar-refractivity contribution in [2.75, 3.05) is 5.06 Å². The molecular weight excluding hydrogens is 216 g/mol. The van der Waals surface area contributed by atoms with Gasteiger partial charge in [-0.25, -0.2) is 0 Å². The van der Waals surface area contributed by atoms with Crippen molar-refractivity contribution in [3.05, 3.63) is 29.8 Å². The molecule has 1 aliphatic heterocycles. The van der Waals surface area contributed by atoms with Crippen LogP contribution in [0.5, 0.6) is 0 Å². The van der Waals surface area contributed by atoms with Crippen LogP contribution in [0.1, 0.15) is 18.4 Å². The van der Waals surface area contributed by atoms with Gasteiger partial charge < -0.3 is 5.73 Å². The van der Waals surface area contributed by atoms with Crippen LogP contribution in [-0.4, -0.2) is 17.2 Å². The van der Waals surface area contributed by atoms with Gasteiger partial charge in [-0.3, -0.25) is 10.0 Å². The molecule has 4 nitrogen and oxygen atoms in total. The molecule has 0 spiro atoms. The first kappa shape index (κ1) is 12.0. The van der Waals surface area contributed by atoms with Crippen molar-refractivity contribution in [2.45, 2.75) is 18.9 Å². The van der Waals surface area contributed by atoms with Crippen molar-refractivity contribution in [1.82, 2.24) is 0 Å². The van der Waals surface area contributed by atoms with Crippen molar-refractivity contribution in [1.29, 1.82) is 0 Å². The zero-order valence-electron chi connectivity index (χ0n) is 8.25. The maximum Gasteiger partial charge on any atom is 0.268 e. The number of hydrogen-bond donors (Lipinski definition) is 2. The van der Waals surface area contributed by atoms with Crippen LogP contribution in [0.15, 0.2) is 24.3 Å². The SMILES string of the molecule is C[C@@H]1c2ccccc2N(O)C(=O)[C@H]1N.Cl. The largest absolute Gasteiger partial charge is 0.319 e. The van der Waals surface area contributed by atoms with Crippen molar-refractivity contribution in [3.8, 4) is 0 Å². The van der Waals surface area contributed by atoms with Crippen LogP contribution in [0.4, 0.5) is 5.69 Å². The molecule has 1 amide bonds. The first-order chi connectivity index (χ1) is 6.63. The minimum atomic E-state index is -0.658. The molecule has 1 aliphatic rings. The predicted molar refractivity (Wildman–Crippen MR) is 59.4 cm³/mol. The summed E-state index contributed by atoms with van der Waals surface area (Å²) in [5.41, 5.74) is 7.11. The van der Waals surface area contributed by atoms with Gasteiger partial charge in [0, 0.05) is 5.92 Å². The Morgan fingerprint density at radius 3 is 2.67 bits per heavy atom. The third-order valence-corrected chi connectivity index (χ3v) is 2.69. The highest BCUT2D eigenvalue weighted by atomic mass is 35.5. The predicted octanol–water partition coefficient (Wildman–Crippen LogP) is 1.27. The highest BCUT2D eigenvalue weighted by Crippen LogP contribution is 2.33. The number of hydrogen-bond acceptors (Lipinski definition) is 3. The fraction of sp³-hybridized carbons (Fsp3) is 0.300. The average Bonchev–Trinajstić information content (AvgIpc) is 2.23. The highest BCUT2D eigenvalue weighted by molar-refractivity contribution is 5.98. The third-order valence-electron chi connectivity index (χ3n) is 2.69. The van der Waals surface area contributed by atoms with Gasteiger partial charge in [0.15, 0.2) is 0 Å². The van der Waals surface area contributed by atoms with Crippen LogP contribution in [0.3, 0.4) is 0 Å². The minimum Gasteiger partial charge on any atom is -0.319 e. The summed E-state index contributed by atoms with van der Waals surface area (Å²) in [6.45, 7) is 1.88. The molecule has 0 unspecified atom stereocenters. The van der Waals surface area contributed by atoms with Crippen molar-refractivity contribution < 1.29 is 10.0 Å². The van der Waals surface area contributed by atoms with E-state index in [1.807, 2.05) is 19.1 Å². The molecule has 0 aliphatic carbocycles. The molecule has 1 aromatic rings. The van der Waals surface area contributed by atoms with E-state index in [4.69, 9.17) is 5.73 Å². The zero-order chi connectivity index (χ0) is 10.3. The molecule has 82 valence electrons. The van der Waals surface area contributed by atoms with Crippen LogP contribution in [0, 0.1) is 0 Å². The summed E-state index contributed by atoms with van der Waals surface area (Å²) >= 11 is 0. The second kappa shape index (κ2) is 4.18. The summed E-state index contributed by atoms with van der Waals surface area (Å²) in [6.07, 6.45) is 0. The van der Waals surface area contributed by atoms with Gasteiger partial charge in [-0.15, -0.1) is 12.4 Å². The lowest BCUT2D eigenvalue weighted by Gasteiger charge is -2.32. The molecule has 15 heavy (non-hydrogen) atoms. The second-order valence-electron chi connectivity index (χ2n) is 3.52. The molecular formula is C10H13ClN2O2. The Hall–Kier alpha value is -1.10. The van der Waals surface area contributed by atoms with E-state index in [0.717, 1.165) is 5.56 Å². The molecule has 0 saturated carbocycles. The van der Waals surface area contributed by atoms with E-state index in [-0.39, 0.29) is 18.3 Å². The number of carbonyl (C=O) groups is 1. The fourth-order valence-corrected chi connectivity index (χ4v) is 1.73. The first-order valence-corrected chi connectivity index (χ1v) is 4.50. The van der Waals surface area contributed by atoms with E-state index in [0.29, 0.717) is 10.8 Å². The van der Waals surface area contributed by atoms with Crippen LogP contribution < -0.4 is 10.8 Å². The van der Waals surface area contributed by atoms with Gasteiger partial charge in [0.2, 0.25) is 0 Å². The zero-order valence-corrected chi connectivity index (χ0v) is 9.07. The lowest BCUT2D eigenvalue weighted by Crippen LogP contribution is -2.49. The Bertz CT molecular complexity index is 383. The lowest BCUT2D eigenvalue weighted by molar-refractivity contribution is -0.125. The molecule has 1 heterocycles. The molecule has 0 fully saturated rings. The normalized spacial score (nSPS) is 24.5. The van der Waals surface area contributed by atoms with E-state index in [1.165, 1.54) is 0 Å². The van der Waals surface area contributed by atoms with Gasteiger partial charge in [0.1, 0.15) is 0 Å². The summed E-state index contributed by atoms with van der Waals surface area (Å²) in [7, 11) is 0. The van der Waals surface area contributed by atoms with E-state index in [2.05, 4.69) is 0 Å². The Labute approximate surface area is 94.0 Å². The number of anilines is 1. The van der Waals surface area contributed by atoms with Crippen molar-refractivity contribution in [2.24, 2.45) is 5.73 Å². The maximum atomic E-state index is 11.4. The number of nitrogens with two attached hydrogens (primary N) is 1. The molecule has 2 atom stereocenters. The summed E-state index contributed by atoms with van der Waals surface area (Å²) < 4.78 is 0. The quantitative estimate of drug-likeness (QED) is 0.658. The van der Waals surface area contributed by atoms with Crippen LogP contribution in [-0.2, 0) is 4.79 Å². The van der Waals surface area contributed by atoms with Crippen LogP contribution in [0.2, 0.25) is 0 Å². The Morgan fingerprint density at radius 2 is 2.00 bits per heavy atom. The van der Waals surface area contributed by atoms with Gasteiger partial charge in [0.05, 0.1) is 11.7 Å². The third kappa shape index (κ3) is 1.71. The van der Waals surface area contributed by atoms with Crippen molar-refractivity contribution >= 4 is 24.0 Å². The molecule has 0 saturated heterocycles. The topological polar surface area (TPSA) is 66.6 Å².